The Labute approximate surface area is 121 Å². The molecule has 1 saturated heterocycles. The molecule has 0 bridgehead atoms. The third-order valence-corrected chi connectivity index (χ3v) is 4.00. The zero-order valence-electron chi connectivity index (χ0n) is 12.8. The number of rotatable bonds is 5. The molecule has 1 atom stereocenters. The molecule has 0 saturated carbocycles. The summed E-state index contributed by atoms with van der Waals surface area (Å²) >= 11 is 0. The molecule has 1 unspecified atom stereocenters. The smallest absolute Gasteiger partial charge is 0.131 e. The Bertz CT molecular complexity index is 463. The second-order valence-corrected chi connectivity index (χ2v) is 5.24. The van der Waals surface area contributed by atoms with Gasteiger partial charge >= 0.3 is 0 Å². The first-order valence-corrected chi connectivity index (χ1v) is 7.10. The molecule has 2 rings (SSSR count). The Morgan fingerprint density at radius 3 is 2.45 bits per heavy atom. The second-order valence-electron chi connectivity index (χ2n) is 5.24. The van der Waals surface area contributed by atoms with Crippen molar-refractivity contribution in [1.82, 2.24) is 4.90 Å². The standard InChI is InChI=1S/C16H24N2O2/c1-12(17-11-13-7-6-10-18(13)2)16-14(19-3)8-5-9-15(16)20-4/h5,8-9,13H,6-7,10-11H2,1-4H3/b17-12+. The van der Waals surface area contributed by atoms with Crippen LogP contribution in [0.1, 0.15) is 25.3 Å². The summed E-state index contributed by atoms with van der Waals surface area (Å²) in [6, 6.07) is 6.38. The van der Waals surface area contributed by atoms with Gasteiger partial charge in [-0.05, 0) is 45.5 Å². The number of nitrogens with zero attached hydrogens (tertiary/aromatic N) is 2. The third-order valence-electron chi connectivity index (χ3n) is 4.00. The number of benzene rings is 1. The Morgan fingerprint density at radius 1 is 1.30 bits per heavy atom. The lowest BCUT2D eigenvalue weighted by molar-refractivity contribution is 0.317. The van der Waals surface area contributed by atoms with Crippen molar-refractivity contribution in [3.8, 4) is 11.5 Å². The van der Waals surface area contributed by atoms with E-state index in [1.165, 1.54) is 19.4 Å². The van der Waals surface area contributed by atoms with E-state index in [0.717, 1.165) is 29.3 Å². The first-order valence-electron chi connectivity index (χ1n) is 7.10. The van der Waals surface area contributed by atoms with Crippen LogP contribution in [0.15, 0.2) is 23.2 Å². The summed E-state index contributed by atoms with van der Waals surface area (Å²) in [4.78, 5) is 7.14. The molecule has 20 heavy (non-hydrogen) atoms. The third kappa shape index (κ3) is 3.12. The van der Waals surface area contributed by atoms with Crippen molar-refractivity contribution in [3.63, 3.8) is 0 Å². The highest BCUT2D eigenvalue weighted by Gasteiger charge is 2.20. The van der Waals surface area contributed by atoms with E-state index in [0.29, 0.717) is 6.04 Å². The zero-order chi connectivity index (χ0) is 14.5. The van der Waals surface area contributed by atoms with Gasteiger partial charge in [0.25, 0.3) is 0 Å². The predicted molar refractivity (Wildman–Crippen MR) is 82.3 cm³/mol. The van der Waals surface area contributed by atoms with Crippen molar-refractivity contribution in [2.24, 2.45) is 4.99 Å². The van der Waals surface area contributed by atoms with Crippen LogP contribution in [0, 0.1) is 0 Å². The fourth-order valence-corrected chi connectivity index (χ4v) is 2.74. The molecule has 4 nitrogen and oxygen atoms in total. The van der Waals surface area contributed by atoms with Crippen LogP contribution in [0.3, 0.4) is 0 Å². The average Bonchev–Trinajstić information content (AvgIpc) is 2.89. The number of hydrogen-bond donors (Lipinski definition) is 0. The minimum atomic E-state index is 0.561. The molecule has 0 radical (unpaired) electrons. The van der Waals surface area contributed by atoms with Gasteiger partial charge in [-0.1, -0.05) is 6.07 Å². The molecule has 0 aromatic heterocycles. The molecule has 1 aromatic carbocycles. The van der Waals surface area contributed by atoms with Crippen LogP contribution in [0.25, 0.3) is 0 Å². The van der Waals surface area contributed by atoms with E-state index in [1.807, 2.05) is 25.1 Å². The number of likely N-dealkylation sites (N-methyl/N-ethyl adjacent to an activating group) is 1. The molecule has 1 aliphatic heterocycles. The van der Waals surface area contributed by atoms with Gasteiger partial charge in [0.2, 0.25) is 0 Å². The van der Waals surface area contributed by atoms with Crippen LogP contribution in [-0.2, 0) is 0 Å². The van der Waals surface area contributed by atoms with E-state index in [9.17, 15) is 0 Å². The molecule has 1 heterocycles. The lowest BCUT2D eigenvalue weighted by Crippen LogP contribution is -2.27. The summed E-state index contributed by atoms with van der Waals surface area (Å²) in [7, 11) is 5.53. The van der Waals surface area contributed by atoms with Crippen LogP contribution in [0.5, 0.6) is 11.5 Å². The monoisotopic (exact) mass is 276 g/mol. The van der Waals surface area contributed by atoms with Gasteiger partial charge in [0, 0.05) is 11.8 Å². The van der Waals surface area contributed by atoms with Gasteiger partial charge in [0.1, 0.15) is 11.5 Å². The van der Waals surface area contributed by atoms with E-state index in [1.54, 1.807) is 14.2 Å². The molecule has 0 spiro atoms. The van der Waals surface area contributed by atoms with E-state index in [2.05, 4.69) is 11.9 Å². The largest absolute Gasteiger partial charge is 0.496 e. The topological polar surface area (TPSA) is 34.1 Å². The Balaban J connectivity index is 2.21. The highest BCUT2D eigenvalue weighted by Crippen LogP contribution is 2.29. The zero-order valence-corrected chi connectivity index (χ0v) is 12.8. The first kappa shape index (κ1) is 14.9. The fourth-order valence-electron chi connectivity index (χ4n) is 2.74. The number of methoxy groups -OCH3 is 2. The molecular formula is C16H24N2O2. The summed E-state index contributed by atoms with van der Waals surface area (Å²) in [5, 5.41) is 0. The lowest BCUT2D eigenvalue weighted by atomic mass is 10.1. The van der Waals surface area contributed by atoms with Crippen molar-refractivity contribution in [2.75, 3.05) is 34.4 Å². The van der Waals surface area contributed by atoms with E-state index in [-0.39, 0.29) is 0 Å². The molecule has 0 N–H and O–H groups in total. The predicted octanol–water partition coefficient (Wildman–Crippen LogP) is 2.61. The highest BCUT2D eigenvalue weighted by atomic mass is 16.5. The van der Waals surface area contributed by atoms with Gasteiger partial charge in [-0.15, -0.1) is 0 Å². The molecule has 1 aliphatic rings. The summed E-state index contributed by atoms with van der Waals surface area (Å²) in [6.45, 7) is 4.04. The maximum atomic E-state index is 5.43. The minimum absolute atomic E-state index is 0.561. The van der Waals surface area contributed by atoms with Crippen LogP contribution in [-0.4, -0.2) is 51.0 Å². The molecule has 0 aliphatic carbocycles. The van der Waals surface area contributed by atoms with Gasteiger partial charge in [0.05, 0.1) is 26.3 Å². The average molecular weight is 276 g/mol. The molecular weight excluding hydrogens is 252 g/mol. The van der Waals surface area contributed by atoms with Crippen LogP contribution in [0.2, 0.25) is 0 Å². The Kier molecular flexibility index (Phi) is 5.01. The Morgan fingerprint density at radius 2 is 1.95 bits per heavy atom. The van der Waals surface area contributed by atoms with Gasteiger partial charge in [-0.2, -0.15) is 0 Å². The van der Waals surface area contributed by atoms with Crippen molar-refractivity contribution in [1.29, 1.82) is 0 Å². The SMILES string of the molecule is COc1cccc(OC)c1/C(C)=N/CC1CCCN1C. The van der Waals surface area contributed by atoms with Gasteiger partial charge in [-0.3, -0.25) is 4.99 Å². The normalized spacial score (nSPS) is 20.2. The fraction of sp³-hybridized carbons (Fsp3) is 0.562. The maximum Gasteiger partial charge on any atom is 0.131 e. The highest BCUT2D eigenvalue weighted by molar-refractivity contribution is 6.03. The quantitative estimate of drug-likeness (QED) is 0.775. The molecule has 1 fully saturated rings. The van der Waals surface area contributed by atoms with Gasteiger partial charge in [0.15, 0.2) is 0 Å². The summed E-state index contributed by atoms with van der Waals surface area (Å²) in [6.07, 6.45) is 2.50. The maximum absolute atomic E-state index is 5.43. The molecule has 0 amide bonds. The molecule has 1 aromatic rings. The van der Waals surface area contributed by atoms with E-state index >= 15 is 0 Å². The summed E-state index contributed by atoms with van der Waals surface area (Å²) < 4.78 is 10.9. The lowest BCUT2D eigenvalue weighted by Gasteiger charge is -2.18. The van der Waals surface area contributed by atoms with Crippen LogP contribution < -0.4 is 9.47 Å². The van der Waals surface area contributed by atoms with Crippen molar-refractivity contribution in [2.45, 2.75) is 25.8 Å². The molecule has 110 valence electrons. The van der Waals surface area contributed by atoms with Crippen molar-refractivity contribution in [3.05, 3.63) is 23.8 Å². The van der Waals surface area contributed by atoms with Gasteiger partial charge < -0.3 is 14.4 Å². The first-order chi connectivity index (χ1) is 9.67. The Hall–Kier alpha value is -1.55. The van der Waals surface area contributed by atoms with Crippen LogP contribution >= 0.6 is 0 Å². The van der Waals surface area contributed by atoms with Crippen molar-refractivity contribution >= 4 is 5.71 Å². The number of hydrogen-bond acceptors (Lipinski definition) is 4. The number of likely N-dealkylation sites (tertiary alicyclic amines) is 1. The minimum Gasteiger partial charge on any atom is -0.496 e. The van der Waals surface area contributed by atoms with Gasteiger partial charge in [-0.25, -0.2) is 0 Å². The van der Waals surface area contributed by atoms with Crippen LogP contribution in [0.4, 0.5) is 0 Å². The summed E-state index contributed by atoms with van der Waals surface area (Å²) in [5.74, 6) is 1.62. The van der Waals surface area contributed by atoms with Crippen molar-refractivity contribution < 1.29 is 9.47 Å². The van der Waals surface area contributed by atoms with E-state index < -0.39 is 0 Å². The number of aliphatic imine (C=N–C) groups is 1. The van der Waals surface area contributed by atoms with E-state index in [4.69, 9.17) is 14.5 Å². The summed E-state index contributed by atoms with van der Waals surface area (Å²) in [5.41, 5.74) is 1.93. The number of ether oxygens (including phenoxy) is 2. The molecule has 4 heteroatoms. The second kappa shape index (κ2) is 6.75.